The van der Waals surface area contributed by atoms with E-state index in [2.05, 4.69) is 4.74 Å². The van der Waals surface area contributed by atoms with Crippen molar-refractivity contribution < 1.29 is 24.0 Å². The normalized spacial score (nSPS) is 21.9. The molecule has 1 aliphatic rings. The van der Waals surface area contributed by atoms with Gasteiger partial charge in [-0.15, -0.1) is 0 Å². The third-order valence-electron chi connectivity index (χ3n) is 2.89. The van der Waals surface area contributed by atoms with Crippen LogP contribution in [0.1, 0.15) is 20.7 Å². The zero-order chi connectivity index (χ0) is 13.5. The lowest BCUT2D eigenvalue weighted by Gasteiger charge is -2.13. The molecule has 2 rings (SSSR count). The Morgan fingerprint density at radius 3 is 2.39 bits per heavy atom. The fourth-order valence-electron chi connectivity index (χ4n) is 2.01. The van der Waals surface area contributed by atoms with Crippen LogP contribution in [0, 0.1) is 10.1 Å². The second kappa shape index (κ2) is 3.88. The van der Waals surface area contributed by atoms with Crippen molar-refractivity contribution in [3.8, 4) is 5.75 Å². The Morgan fingerprint density at radius 1 is 1.22 bits per heavy atom. The standard InChI is InChI=1S/C11H9NO6/c1-17-7-5-3-4-6-8(7)10(14)11(18-2,9(6)13)12(15)16/h3-5H,1-2H3. The van der Waals surface area contributed by atoms with Gasteiger partial charge in [-0.25, -0.2) is 0 Å². The summed E-state index contributed by atoms with van der Waals surface area (Å²) < 4.78 is 9.56. The topological polar surface area (TPSA) is 95.7 Å². The molecule has 0 saturated heterocycles. The summed E-state index contributed by atoms with van der Waals surface area (Å²) in [6.07, 6.45) is 0. The maximum absolute atomic E-state index is 12.1. The van der Waals surface area contributed by atoms with Gasteiger partial charge in [0.15, 0.2) is 0 Å². The van der Waals surface area contributed by atoms with Crippen LogP contribution >= 0.6 is 0 Å². The number of benzene rings is 1. The third kappa shape index (κ3) is 1.22. The van der Waals surface area contributed by atoms with Crippen LogP contribution in [-0.2, 0) is 4.74 Å². The van der Waals surface area contributed by atoms with Gasteiger partial charge in [-0.05, 0) is 12.1 Å². The number of nitrogens with zero attached hydrogens (tertiary/aromatic N) is 1. The van der Waals surface area contributed by atoms with Crippen molar-refractivity contribution in [2.24, 2.45) is 0 Å². The second-order valence-corrected chi connectivity index (χ2v) is 3.65. The lowest BCUT2D eigenvalue weighted by molar-refractivity contribution is -0.581. The molecule has 0 saturated carbocycles. The Morgan fingerprint density at radius 2 is 1.89 bits per heavy atom. The van der Waals surface area contributed by atoms with E-state index in [4.69, 9.17) is 4.74 Å². The molecule has 1 aliphatic carbocycles. The SMILES string of the molecule is COc1cccc2c1C(=O)C(OC)([N+](=O)[O-])C2=O. The van der Waals surface area contributed by atoms with Crippen molar-refractivity contribution in [1.29, 1.82) is 0 Å². The summed E-state index contributed by atoms with van der Waals surface area (Å²) in [4.78, 5) is 34.2. The van der Waals surface area contributed by atoms with Gasteiger partial charge in [-0.1, -0.05) is 6.07 Å². The number of carbonyl (C=O) groups excluding carboxylic acids is 2. The molecule has 0 amide bonds. The van der Waals surface area contributed by atoms with Gasteiger partial charge in [0.25, 0.3) is 11.6 Å². The lowest BCUT2D eigenvalue weighted by Crippen LogP contribution is -2.50. The molecule has 0 bridgehead atoms. The number of Topliss-reactive ketones (excluding diaryl/α,β-unsaturated/α-hetero) is 2. The van der Waals surface area contributed by atoms with Gasteiger partial charge in [0.1, 0.15) is 5.75 Å². The zero-order valence-corrected chi connectivity index (χ0v) is 9.63. The summed E-state index contributed by atoms with van der Waals surface area (Å²) in [5.74, 6) is -1.87. The molecule has 0 fully saturated rings. The first-order valence-corrected chi connectivity index (χ1v) is 4.97. The number of fused-ring (bicyclic) bond motifs is 1. The van der Waals surface area contributed by atoms with Crippen molar-refractivity contribution in [2.75, 3.05) is 14.2 Å². The molecule has 0 aromatic heterocycles. The van der Waals surface area contributed by atoms with Crippen LogP contribution in [0.25, 0.3) is 0 Å². The molecule has 0 radical (unpaired) electrons. The molecule has 0 aliphatic heterocycles. The van der Waals surface area contributed by atoms with Gasteiger partial charge in [0.05, 0.1) is 17.6 Å². The Kier molecular flexibility index (Phi) is 2.63. The third-order valence-corrected chi connectivity index (χ3v) is 2.89. The molecule has 0 spiro atoms. The molecule has 0 N–H and O–H groups in total. The van der Waals surface area contributed by atoms with Gasteiger partial charge >= 0.3 is 5.72 Å². The van der Waals surface area contributed by atoms with E-state index in [1.54, 1.807) is 0 Å². The highest BCUT2D eigenvalue weighted by atomic mass is 16.7. The average molecular weight is 251 g/mol. The van der Waals surface area contributed by atoms with Crippen LogP contribution < -0.4 is 4.74 Å². The van der Waals surface area contributed by atoms with Crippen LogP contribution in [0.15, 0.2) is 18.2 Å². The van der Waals surface area contributed by atoms with Gasteiger partial charge in [0, 0.05) is 12.7 Å². The highest BCUT2D eigenvalue weighted by Gasteiger charge is 2.66. The molecule has 7 heteroatoms. The second-order valence-electron chi connectivity index (χ2n) is 3.65. The number of methoxy groups -OCH3 is 2. The number of rotatable bonds is 3. The summed E-state index contributed by atoms with van der Waals surface area (Å²) >= 11 is 0. The molecule has 1 aromatic rings. The van der Waals surface area contributed by atoms with Crippen LogP contribution in [0.5, 0.6) is 5.75 Å². The van der Waals surface area contributed by atoms with Gasteiger partial charge in [-0.2, -0.15) is 0 Å². The molecule has 94 valence electrons. The van der Waals surface area contributed by atoms with E-state index < -0.39 is 22.2 Å². The minimum absolute atomic E-state index is 0.0575. The van der Waals surface area contributed by atoms with Crippen LogP contribution in [0.3, 0.4) is 0 Å². The highest BCUT2D eigenvalue weighted by Crippen LogP contribution is 2.37. The Balaban J connectivity index is 2.74. The van der Waals surface area contributed by atoms with Crippen LogP contribution in [0.2, 0.25) is 0 Å². The smallest absolute Gasteiger partial charge is 0.452 e. The molecule has 7 nitrogen and oxygen atoms in total. The monoisotopic (exact) mass is 251 g/mol. The zero-order valence-electron chi connectivity index (χ0n) is 9.63. The van der Waals surface area contributed by atoms with Gasteiger partial charge in [0.2, 0.25) is 0 Å². The Hall–Kier alpha value is -2.28. The number of nitro groups is 1. The fraction of sp³-hybridized carbons (Fsp3) is 0.273. The van der Waals surface area contributed by atoms with Gasteiger partial charge < -0.3 is 9.47 Å². The molecule has 1 unspecified atom stereocenters. The van der Waals surface area contributed by atoms with Crippen molar-refractivity contribution in [2.45, 2.75) is 5.72 Å². The van der Waals surface area contributed by atoms with E-state index >= 15 is 0 Å². The largest absolute Gasteiger partial charge is 0.496 e. The fourth-order valence-corrected chi connectivity index (χ4v) is 2.01. The summed E-state index contributed by atoms with van der Waals surface area (Å²) in [6.45, 7) is 0. The van der Waals surface area contributed by atoms with Crippen molar-refractivity contribution in [3.05, 3.63) is 39.4 Å². The van der Waals surface area contributed by atoms with E-state index in [-0.39, 0.29) is 16.9 Å². The summed E-state index contributed by atoms with van der Waals surface area (Å²) in [5.41, 5.74) is -2.85. The Bertz CT molecular complexity index is 567. The number of hydrogen-bond acceptors (Lipinski definition) is 6. The number of ketones is 2. The minimum Gasteiger partial charge on any atom is -0.496 e. The van der Waals surface area contributed by atoms with Crippen LogP contribution in [-0.4, -0.2) is 36.4 Å². The van der Waals surface area contributed by atoms with E-state index in [9.17, 15) is 19.7 Å². The van der Waals surface area contributed by atoms with E-state index in [0.29, 0.717) is 0 Å². The van der Waals surface area contributed by atoms with E-state index in [0.717, 1.165) is 7.11 Å². The van der Waals surface area contributed by atoms with Gasteiger partial charge in [-0.3, -0.25) is 19.7 Å². The lowest BCUT2D eigenvalue weighted by atomic mass is 10.1. The predicted molar refractivity (Wildman–Crippen MR) is 58.4 cm³/mol. The van der Waals surface area contributed by atoms with Crippen molar-refractivity contribution >= 4 is 11.6 Å². The Labute approximate surface area is 101 Å². The number of hydrogen-bond donors (Lipinski definition) is 0. The number of carbonyl (C=O) groups is 2. The first kappa shape index (κ1) is 12.2. The summed E-state index contributed by atoms with van der Waals surface area (Å²) in [6, 6.07) is 4.27. The first-order chi connectivity index (χ1) is 8.50. The molecule has 1 aromatic carbocycles. The average Bonchev–Trinajstić information content (AvgIpc) is 2.59. The van der Waals surface area contributed by atoms with Crippen molar-refractivity contribution in [1.82, 2.24) is 0 Å². The first-order valence-electron chi connectivity index (χ1n) is 4.97. The molecule has 1 atom stereocenters. The molecule has 18 heavy (non-hydrogen) atoms. The summed E-state index contributed by atoms with van der Waals surface area (Å²) in [5, 5.41) is 11.0. The quantitative estimate of drug-likeness (QED) is 0.339. The van der Waals surface area contributed by atoms with E-state index in [1.165, 1.54) is 25.3 Å². The molecular weight excluding hydrogens is 242 g/mol. The van der Waals surface area contributed by atoms with Crippen molar-refractivity contribution in [3.63, 3.8) is 0 Å². The molecular formula is C11H9NO6. The van der Waals surface area contributed by atoms with Crippen LogP contribution in [0.4, 0.5) is 0 Å². The molecule has 0 heterocycles. The maximum atomic E-state index is 12.1. The maximum Gasteiger partial charge on any atom is 0.452 e. The predicted octanol–water partition coefficient (Wildman–Crippen LogP) is 0.694. The van der Waals surface area contributed by atoms with E-state index in [1.807, 2.05) is 0 Å². The highest BCUT2D eigenvalue weighted by molar-refractivity contribution is 6.31. The minimum atomic E-state index is -2.68. The number of ether oxygens (including phenoxy) is 2. The summed E-state index contributed by atoms with van der Waals surface area (Å²) in [7, 11) is 2.27.